The number of carboxylic acids is 2. The lowest BCUT2D eigenvalue weighted by Crippen LogP contribution is -2.56. The third-order valence-electron chi connectivity index (χ3n) is 3.66. The van der Waals surface area contributed by atoms with Crippen molar-refractivity contribution in [2.24, 2.45) is 5.73 Å². The van der Waals surface area contributed by atoms with Gasteiger partial charge in [0.25, 0.3) is 0 Å². The van der Waals surface area contributed by atoms with E-state index in [1.807, 2.05) is 0 Å². The van der Waals surface area contributed by atoms with Crippen LogP contribution >= 0.6 is 0 Å². The number of aliphatic hydroxyl groups is 8. The van der Waals surface area contributed by atoms with Crippen LogP contribution in [0.25, 0.3) is 0 Å². The Kier molecular flexibility index (Phi) is 22.5. The largest absolute Gasteiger partial charge is 0.480 e. The van der Waals surface area contributed by atoms with E-state index in [0.29, 0.717) is 0 Å². The number of nitrogens with one attached hydrogen (secondary N) is 1. The summed E-state index contributed by atoms with van der Waals surface area (Å²) in [6, 6.07) is 0. The molecule has 0 saturated carbocycles. The van der Waals surface area contributed by atoms with Gasteiger partial charge in [-0.2, -0.15) is 0 Å². The van der Waals surface area contributed by atoms with Gasteiger partial charge in [0.05, 0.1) is 77.0 Å². The molecule has 0 heterocycles. The van der Waals surface area contributed by atoms with Gasteiger partial charge < -0.3 is 56.8 Å². The molecular formula is C16H37N3O12. The van der Waals surface area contributed by atoms with Gasteiger partial charge in [0.15, 0.2) is 0 Å². The summed E-state index contributed by atoms with van der Waals surface area (Å²) in [7, 11) is 0. The molecule has 0 rings (SSSR count). The minimum Gasteiger partial charge on any atom is -0.480 e. The Morgan fingerprint density at radius 1 is 0.710 bits per heavy atom. The lowest BCUT2D eigenvalue weighted by molar-refractivity contribution is -0.139. The van der Waals surface area contributed by atoms with E-state index in [1.54, 1.807) is 0 Å². The van der Waals surface area contributed by atoms with Crippen LogP contribution in [0.4, 0.5) is 0 Å². The molecule has 0 radical (unpaired) electrons. The normalized spacial score (nSPS) is 11.3. The van der Waals surface area contributed by atoms with E-state index >= 15 is 0 Å². The van der Waals surface area contributed by atoms with Crippen molar-refractivity contribution in [1.82, 2.24) is 10.2 Å². The second-order valence-corrected chi connectivity index (χ2v) is 6.46. The number of nitrogens with zero attached hydrogens (tertiary/aromatic N) is 1. The highest BCUT2D eigenvalue weighted by atomic mass is 16.4. The molecule has 15 heteroatoms. The molecule has 0 aromatic rings. The van der Waals surface area contributed by atoms with Crippen LogP contribution in [0.5, 0.6) is 0 Å². The van der Waals surface area contributed by atoms with Gasteiger partial charge in [0, 0.05) is 13.1 Å². The van der Waals surface area contributed by atoms with Crippen molar-refractivity contribution in [2.45, 2.75) is 11.1 Å². The van der Waals surface area contributed by atoms with Gasteiger partial charge >= 0.3 is 11.9 Å². The van der Waals surface area contributed by atoms with E-state index in [2.05, 4.69) is 5.32 Å². The van der Waals surface area contributed by atoms with E-state index in [0.717, 1.165) is 0 Å². The third kappa shape index (κ3) is 18.9. The summed E-state index contributed by atoms with van der Waals surface area (Å²) in [5.74, 6) is -2.07. The zero-order chi connectivity index (χ0) is 24.9. The van der Waals surface area contributed by atoms with Crippen molar-refractivity contribution < 1.29 is 60.7 Å². The molecule has 0 saturated heterocycles. The van der Waals surface area contributed by atoms with Gasteiger partial charge in [-0.05, 0) is 0 Å². The van der Waals surface area contributed by atoms with Gasteiger partial charge in [0.1, 0.15) is 0 Å². The maximum Gasteiger partial charge on any atom is 0.317 e. The van der Waals surface area contributed by atoms with Gasteiger partial charge in [-0.3, -0.25) is 19.8 Å². The SMILES string of the molecule is NC(CO)(CO)CO.O=C(O)CN(CCO)CCO.O=C(O)CNC(CO)(CO)CO. The first-order valence-electron chi connectivity index (χ1n) is 9.05. The van der Waals surface area contributed by atoms with E-state index in [-0.39, 0.29) is 32.8 Å². The average molecular weight is 463 g/mol. The Morgan fingerprint density at radius 3 is 1.29 bits per heavy atom. The molecule has 188 valence electrons. The van der Waals surface area contributed by atoms with Crippen LogP contribution in [0.1, 0.15) is 0 Å². The molecule has 0 fully saturated rings. The molecule has 13 N–H and O–H groups in total. The smallest absolute Gasteiger partial charge is 0.317 e. The van der Waals surface area contributed by atoms with Gasteiger partial charge in [-0.15, -0.1) is 0 Å². The number of rotatable bonds is 15. The summed E-state index contributed by atoms with van der Waals surface area (Å²) < 4.78 is 0. The fourth-order valence-corrected chi connectivity index (χ4v) is 1.47. The average Bonchev–Trinajstić information content (AvgIpc) is 2.75. The highest BCUT2D eigenvalue weighted by molar-refractivity contribution is 5.69. The van der Waals surface area contributed by atoms with Gasteiger partial charge in [-0.25, -0.2) is 0 Å². The maximum absolute atomic E-state index is 10.2. The third-order valence-corrected chi connectivity index (χ3v) is 3.66. The Balaban J connectivity index is -0.000000387. The molecule has 0 aromatic heterocycles. The van der Waals surface area contributed by atoms with E-state index < -0.39 is 69.2 Å². The van der Waals surface area contributed by atoms with Crippen molar-refractivity contribution >= 4 is 11.9 Å². The van der Waals surface area contributed by atoms with Gasteiger partial charge in [0.2, 0.25) is 0 Å². The summed E-state index contributed by atoms with van der Waals surface area (Å²) in [4.78, 5) is 21.7. The minimum absolute atomic E-state index is 0.0900. The van der Waals surface area contributed by atoms with E-state index in [1.165, 1.54) is 4.90 Å². The highest BCUT2D eigenvalue weighted by Gasteiger charge is 2.27. The molecule has 0 unspecified atom stereocenters. The first-order chi connectivity index (χ1) is 14.5. The Hall–Kier alpha value is -1.50. The topological polar surface area (TPSA) is 278 Å². The molecule has 31 heavy (non-hydrogen) atoms. The Labute approximate surface area is 179 Å². The van der Waals surface area contributed by atoms with Crippen molar-refractivity contribution in [2.75, 3.05) is 79.0 Å². The number of carbonyl (C=O) groups is 2. The lowest BCUT2D eigenvalue weighted by atomic mass is 10.0. The molecule has 0 aliphatic rings. The van der Waals surface area contributed by atoms with Crippen LogP contribution < -0.4 is 11.1 Å². The molecular weight excluding hydrogens is 426 g/mol. The lowest BCUT2D eigenvalue weighted by Gasteiger charge is -2.27. The fourth-order valence-electron chi connectivity index (χ4n) is 1.47. The predicted octanol–water partition coefficient (Wildman–Crippen LogP) is -6.61. The summed E-state index contributed by atoms with van der Waals surface area (Å²) in [5.41, 5.74) is 2.63. The van der Waals surface area contributed by atoms with Crippen molar-refractivity contribution in [3.8, 4) is 0 Å². The zero-order valence-corrected chi connectivity index (χ0v) is 17.3. The van der Waals surface area contributed by atoms with E-state index in [9.17, 15) is 9.59 Å². The molecule has 0 amide bonds. The van der Waals surface area contributed by atoms with Gasteiger partial charge in [-0.1, -0.05) is 0 Å². The number of aliphatic hydroxyl groups excluding tert-OH is 8. The Morgan fingerprint density at radius 2 is 1.10 bits per heavy atom. The number of hydrogen-bond acceptors (Lipinski definition) is 13. The number of aliphatic carboxylic acids is 2. The van der Waals surface area contributed by atoms with Crippen LogP contribution in [-0.2, 0) is 9.59 Å². The van der Waals surface area contributed by atoms with Crippen LogP contribution in [-0.4, -0.2) is 158 Å². The molecule has 0 aromatic carbocycles. The number of nitrogens with two attached hydrogens (primary N) is 1. The first-order valence-corrected chi connectivity index (χ1v) is 9.05. The minimum atomic E-state index is -1.31. The van der Waals surface area contributed by atoms with Crippen LogP contribution in [0.15, 0.2) is 0 Å². The Bertz CT molecular complexity index is 425. The van der Waals surface area contributed by atoms with Crippen molar-refractivity contribution in [3.05, 3.63) is 0 Å². The second kappa shape index (κ2) is 20.4. The van der Waals surface area contributed by atoms with E-state index in [4.69, 9.17) is 56.8 Å². The standard InChI is InChI=1S/C6H13NO5.C6H13NO4.C4H11NO3/c8-2-6(3-9,4-10)7-1-5(11)12;8-3-1-7(2-4-9)5-6(10)11;5-4(1-6,2-7)3-8/h7-10H,1-4H2,(H,11,12);8-9H,1-5H2,(H,10,11);6-8H,1-3,5H2. The maximum atomic E-state index is 10.2. The fraction of sp³-hybridized carbons (Fsp3) is 0.875. The predicted molar refractivity (Wildman–Crippen MR) is 106 cm³/mol. The molecule has 0 spiro atoms. The quantitative estimate of drug-likeness (QED) is 0.107. The van der Waals surface area contributed by atoms with Crippen LogP contribution in [0.3, 0.4) is 0 Å². The highest BCUT2D eigenvalue weighted by Crippen LogP contribution is 2.00. The monoisotopic (exact) mass is 463 g/mol. The zero-order valence-electron chi connectivity index (χ0n) is 17.3. The second-order valence-electron chi connectivity index (χ2n) is 6.46. The molecule has 0 aliphatic heterocycles. The summed E-state index contributed by atoms with van der Waals surface area (Å²) in [6.07, 6.45) is 0. The summed E-state index contributed by atoms with van der Waals surface area (Å²) >= 11 is 0. The summed E-state index contributed by atoms with van der Waals surface area (Å²) in [6.45, 7) is -2.93. The van der Waals surface area contributed by atoms with Crippen LogP contribution in [0, 0.1) is 0 Å². The molecule has 0 aliphatic carbocycles. The molecule has 0 bridgehead atoms. The number of hydrogen-bond donors (Lipinski definition) is 12. The first kappa shape index (κ1) is 34.1. The summed E-state index contributed by atoms with van der Waals surface area (Å²) in [5, 5.41) is 87.0. The molecule has 15 nitrogen and oxygen atoms in total. The van der Waals surface area contributed by atoms with Crippen molar-refractivity contribution in [3.63, 3.8) is 0 Å². The number of carboxylic acid groups (broad SMARTS) is 2. The van der Waals surface area contributed by atoms with Crippen LogP contribution in [0.2, 0.25) is 0 Å². The van der Waals surface area contributed by atoms with Crippen molar-refractivity contribution in [1.29, 1.82) is 0 Å². The molecule has 0 atom stereocenters.